The van der Waals surface area contributed by atoms with Crippen LogP contribution in [0.3, 0.4) is 0 Å². The van der Waals surface area contributed by atoms with E-state index in [1.807, 2.05) is 0 Å². The van der Waals surface area contributed by atoms with E-state index < -0.39 is 0 Å². The third-order valence-corrected chi connectivity index (χ3v) is 3.65. The second kappa shape index (κ2) is 3.26. The summed E-state index contributed by atoms with van der Waals surface area (Å²) in [5.41, 5.74) is 8.58. The average Bonchev–Trinajstić information content (AvgIpc) is 2.89. The molecule has 1 heterocycles. The summed E-state index contributed by atoms with van der Waals surface area (Å²) >= 11 is 0. The van der Waals surface area contributed by atoms with Gasteiger partial charge in [-0.05, 0) is 24.7 Å². The van der Waals surface area contributed by atoms with Gasteiger partial charge in [0.15, 0.2) is 0 Å². The van der Waals surface area contributed by atoms with Gasteiger partial charge in [0, 0.05) is 16.7 Å². The summed E-state index contributed by atoms with van der Waals surface area (Å²) in [6.07, 6.45) is 2.67. The molecule has 1 saturated carbocycles. The number of rotatable bonds is 3. The Morgan fingerprint density at radius 1 is 1.40 bits per heavy atom. The summed E-state index contributed by atoms with van der Waals surface area (Å²) < 4.78 is 0. The maximum absolute atomic E-state index is 5.92. The molecule has 0 aromatic carbocycles. The quantitative estimate of drug-likeness (QED) is 0.800. The lowest BCUT2D eigenvalue weighted by atomic mass is 9.80. The molecule has 0 saturated heterocycles. The predicted octanol–water partition coefficient (Wildman–Crippen LogP) is 2.80. The van der Waals surface area contributed by atoms with Crippen molar-refractivity contribution in [1.82, 2.24) is 10.2 Å². The van der Waals surface area contributed by atoms with Crippen LogP contribution < -0.4 is 5.73 Å². The number of hydrogen-bond acceptors (Lipinski definition) is 2. The molecule has 1 fully saturated rings. The number of nitrogens with two attached hydrogens (primary N) is 1. The van der Waals surface area contributed by atoms with Crippen LogP contribution in [0, 0.1) is 5.92 Å². The largest absolute Gasteiger partial charge is 0.382 e. The SMILES string of the molecule is CC(C)c1c(N)n[nH]c1C(C)(C)C1CC1. The minimum Gasteiger partial charge on any atom is -0.382 e. The van der Waals surface area contributed by atoms with Crippen molar-refractivity contribution in [1.29, 1.82) is 0 Å². The molecule has 1 aromatic rings. The lowest BCUT2D eigenvalue weighted by Gasteiger charge is -2.25. The van der Waals surface area contributed by atoms with Gasteiger partial charge < -0.3 is 5.73 Å². The number of nitrogens with zero attached hydrogens (tertiary/aromatic N) is 1. The smallest absolute Gasteiger partial charge is 0.148 e. The maximum atomic E-state index is 5.92. The lowest BCUT2D eigenvalue weighted by molar-refractivity contribution is 0.434. The van der Waals surface area contributed by atoms with E-state index in [-0.39, 0.29) is 5.41 Å². The molecule has 84 valence electrons. The van der Waals surface area contributed by atoms with Gasteiger partial charge in [-0.2, -0.15) is 5.10 Å². The van der Waals surface area contributed by atoms with Gasteiger partial charge in [-0.3, -0.25) is 5.10 Å². The van der Waals surface area contributed by atoms with Crippen molar-refractivity contribution in [3.63, 3.8) is 0 Å². The van der Waals surface area contributed by atoms with Crippen LogP contribution in [0.25, 0.3) is 0 Å². The van der Waals surface area contributed by atoms with Crippen molar-refractivity contribution in [2.45, 2.75) is 51.9 Å². The van der Waals surface area contributed by atoms with Crippen molar-refractivity contribution in [3.8, 4) is 0 Å². The zero-order valence-corrected chi connectivity index (χ0v) is 10.1. The molecule has 1 aliphatic rings. The Morgan fingerprint density at radius 3 is 2.47 bits per heavy atom. The van der Waals surface area contributed by atoms with Crippen molar-refractivity contribution in [2.75, 3.05) is 5.73 Å². The Hall–Kier alpha value is -0.990. The van der Waals surface area contributed by atoms with E-state index in [0.29, 0.717) is 11.7 Å². The molecule has 0 aliphatic heterocycles. The molecule has 1 aromatic heterocycles. The number of nitrogen functional groups attached to an aromatic ring is 1. The van der Waals surface area contributed by atoms with Crippen LogP contribution in [0.15, 0.2) is 0 Å². The van der Waals surface area contributed by atoms with Crippen LogP contribution in [0.4, 0.5) is 5.82 Å². The standard InChI is InChI=1S/C12H21N3/c1-7(2)9-10(14-15-11(9)13)12(3,4)8-5-6-8/h7-8H,5-6H2,1-4H3,(H3,13,14,15). The molecule has 2 rings (SSSR count). The zero-order chi connectivity index (χ0) is 11.2. The summed E-state index contributed by atoms with van der Waals surface area (Å²) in [4.78, 5) is 0. The fourth-order valence-corrected chi connectivity index (χ4v) is 2.45. The Labute approximate surface area is 91.4 Å². The first-order valence-electron chi connectivity index (χ1n) is 5.78. The van der Waals surface area contributed by atoms with Crippen LogP contribution in [0.5, 0.6) is 0 Å². The summed E-state index contributed by atoms with van der Waals surface area (Å²) in [5.74, 6) is 1.92. The van der Waals surface area contributed by atoms with E-state index >= 15 is 0 Å². The first kappa shape index (κ1) is 10.5. The summed E-state index contributed by atoms with van der Waals surface area (Å²) in [7, 11) is 0. The Kier molecular flexibility index (Phi) is 2.28. The predicted molar refractivity (Wildman–Crippen MR) is 62.8 cm³/mol. The van der Waals surface area contributed by atoms with Crippen LogP contribution in [0.2, 0.25) is 0 Å². The van der Waals surface area contributed by atoms with Crippen molar-refractivity contribution < 1.29 is 0 Å². The van der Waals surface area contributed by atoms with Gasteiger partial charge in [-0.1, -0.05) is 27.7 Å². The number of anilines is 1. The number of aromatic amines is 1. The Bertz CT molecular complexity index is 359. The minimum atomic E-state index is 0.199. The lowest BCUT2D eigenvalue weighted by Crippen LogP contribution is -2.22. The Balaban J connectivity index is 2.43. The molecule has 15 heavy (non-hydrogen) atoms. The van der Waals surface area contributed by atoms with Crippen LogP contribution in [-0.2, 0) is 5.41 Å². The first-order valence-corrected chi connectivity index (χ1v) is 5.78. The normalized spacial score (nSPS) is 17.4. The molecule has 0 radical (unpaired) electrons. The van der Waals surface area contributed by atoms with Gasteiger partial charge in [-0.15, -0.1) is 0 Å². The topological polar surface area (TPSA) is 54.7 Å². The molecule has 0 unspecified atom stereocenters. The molecule has 0 amide bonds. The summed E-state index contributed by atoms with van der Waals surface area (Å²) in [5, 5.41) is 7.31. The number of hydrogen-bond donors (Lipinski definition) is 2. The molecule has 3 N–H and O–H groups in total. The highest BCUT2D eigenvalue weighted by atomic mass is 15.2. The molecule has 0 bridgehead atoms. The number of nitrogens with one attached hydrogen (secondary N) is 1. The highest BCUT2D eigenvalue weighted by Gasteiger charge is 2.42. The van der Waals surface area contributed by atoms with Gasteiger partial charge in [-0.25, -0.2) is 0 Å². The fraction of sp³-hybridized carbons (Fsp3) is 0.750. The van der Waals surface area contributed by atoms with Crippen LogP contribution >= 0.6 is 0 Å². The average molecular weight is 207 g/mol. The van der Waals surface area contributed by atoms with E-state index in [1.54, 1.807) is 0 Å². The second-order valence-corrected chi connectivity index (χ2v) is 5.55. The van der Waals surface area contributed by atoms with Gasteiger partial charge in [0.05, 0.1) is 0 Å². The van der Waals surface area contributed by atoms with Gasteiger partial charge in [0.1, 0.15) is 5.82 Å². The fourth-order valence-electron chi connectivity index (χ4n) is 2.45. The monoisotopic (exact) mass is 207 g/mol. The minimum absolute atomic E-state index is 0.199. The third kappa shape index (κ3) is 1.64. The van der Waals surface area contributed by atoms with E-state index in [9.17, 15) is 0 Å². The zero-order valence-electron chi connectivity index (χ0n) is 10.1. The summed E-state index contributed by atoms with van der Waals surface area (Å²) in [6.45, 7) is 8.94. The summed E-state index contributed by atoms with van der Waals surface area (Å²) in [6, 6.07) is 0. The number of H-pyrrole nitrogens is 1. The van der Waals surface area contributed by atoms with Gasteiger partial charge in [0.2, 0.25) is 0 Å². The molecule has 3 heteroatoms. The maximum Gasteiger partial charge on any atom is 0.148 e. The van der Waals surface area contributed by atoms with E-state index in [4.69, 9.17) is 5.73 Å². The molecule has 3 nitrogen and oxygen atoms in total. The number of aromatic nitrogens is 2. The van der Waals surface area contributed by atoms with Gasteiger partial charge in [0.25, 0.3) is 0 Å². The molecular weight excluding hydrogens is 186 g/mol. The first-order chi connectivity index (χ1) is 6.94. The van der Waals surface area contributed by atoms with Crippen molar-refractivity contribution in [2.24, 2.45) is 5.92 Å². The van der Waals surface area contributed by atoms with Gasteiger partial charge >= 0.3 is 0 Å². The second-order valence-electron chi connectivity index (χ2n) is 5.55. The highest BCUT2D eigenvalue weighted by molar-refractivity contribution is 5.47. The molecule has 0 atom stereocenters. The van der Waals surface area contributed by atoms with Crippen LogP contribution in [0.1, 0.15) is 57.7 Å². The highest BCUT2D eigenvalue weighted by Crippen LogP contribution is 2.48. The van der Waals surface area contributed by atoms with Crippen LogP contribution in [-0.4, -0.2) is 10.2 Å². The third-order valence-electron chi connectivity index (χ3n) is 3.65. The van der Waals surface area contributed by atoms with Crippen molar-refractivity contribution in [3.05, 3.63) is 11.3 Å². The molecular formula is C12H21N3. The molecule has 0 spiro atoms. The van der Waals surface area contributed by atoms with Crippen molar-refractivity contribution >= 4 is 5.82 Å². The Morgan fingerprint density at radius 2 is 2.00 bits per heavy atom. The molecule has 1 aliphatic carbocycles. The van der Waals surface area contributed by atoms with E-state index in [0.717, 1.165) is 5.92 Å². The van der Waals surface area contributed by atoms with E-state index in [2.05, 4.69) is 37.9 Å². The van der Waals surface area contributed by atoms with E-state index in [1.165, 1.54) is 24.1 Å².